The number of benzene rings is 1. The molecule has 0 saturated carbocycles. The number of H-pyrrole nitrogens is 1. The van der Waals surface area contributed by atoms with Crippen LogP contribution < -0.4 is 9.64 Å². The van der Waals surface area contributed by atoms with E-state index < -0.39 is 0 Å². The van der Waals surface area contributed by atoms with Crippen molar-refractivity contribution in [3.8, 4) is 17.7 Å². The minimum atomic E-state index is -0.260. The molecule has 0 bridgehead atoms. The number of methoxy groups -OCH3 is 2. The molecule has 0 fully saturated rings. The topological polar surface area (TPSA) is 71.6 Å². The van der Waals surface area contributed by atoms with Crippen LogP contribution >= 0.6 is 0 Å². The number of amides is 1. The van der Waals surface area contributed by atoms with E-state index in [1.54, 1.807) is 25.4 Å². The maximum absolute atomic E-state index is 12.9. The lowest BCUT2D eigenvalue weighted by molar-refractivity contribution is -0.140. The lowest BCUT2D eigenvalue weighted by atomic mass is 10.1. The molecule has 138 valence electrons. The molecular weight excluding hydrogens is 344 g/mol. The average molecular weight is 364 g/mol. The van der Waals surface area contributed by atoms with Crippen molar-refractivity contribution < 1.29 is 19.1 Å². The Morgan fingerprint density at radius 3 is 2.85 bits per heavy atom. The summed E-state index contributed by atoms with van der Waals surface area (Å²) in [6.07, 6.45) is 4.94. The van der Waals surface area contributed by atoms with E-state index in [0.717, 1.165) is 16.9 Å². The standard InChI is InChI=1S/C21H20N2O4/c1-26-19-11-12-22-17(19)14-16-15-8-5-6-9-18(15)23(21(16)25)13-7-3-4-10-20(24)27-2/h5-6,8-9,11-12,14,22H,3-4,10H2,1-2H3/b16-14-. The van der Waals surface area contributed by atoms with E-state index in [2.05, 4.69) is 21.7 Å². The number of esters is 1. The van der Waals surface area contributed by atoms with Crippen LogP contribution in [-0.4, -0.2) is 31.1 Å². The van der Waals surface area contributed by atoms with E-state index in [1.807, 2.05) is 24.3 Å². The zero-order valence-corrected chi connectivity index (χ0v) is 15.2. The molecule has 0 unspecified atom stereocenters. The molecule has 2 aromatic rings. The Balaban J connectivity index is 1.84. The monoisotopic (exact) mass is 364 g/mol. The van der Waals surface area contributed by atoms with Gasteiger partial charge < -0.3 is 14.5 Å². The summed E-state index contributed by atoms with van der Waals surface area (Å²) < 4.78 is 9.90. The summed E-state index contributed by atoms with van der Waals surface area (Å²) in [7, 11) is 2.95. The lowest BCUT2D eigenvalue weighted by Crippen LogP contribution is -2.20. The number of fused-ring (bicyclic) bond motifs is 1. The molecule has 1 N–H and O–H groups in total. The van der Waals surface area contributed by atoms with Crippen molar-refractivity contribution in [2.45, 2.75) is 19.3 Å². The highest BCUT2D eigenvalue weighted by molar-refractivity contribution is 6.36. The Morgan fingerprint density at radius 1 is 1.26 bits per heavy atom. The maximum atomic E-state index is 12.9. The number of unbranched alkanes of at least 4 members (excludes halogenated alkanes) is 1. The van der Waals surface area contributed by atoms with E-state index in [1.165, 1.54) is 12.0 Å². The summed E-state index contributed by atoms with van der Waals surface area (Å²) in [5.74, 6) is 3.19. The summed E-state index contributed by atoms with van der Waals surface area (Å²) >= 11 is 0. The second-order valence-corrected chi connectivity index (χ2v) is 5.89. The number of nitrogens with one attached hydrogen (secondary N) is 1. The minimum absolute atomic E-state index is 0.187. The quantitative estimate of drug-likeness (QED) is 0.383. The summed E-state index contributed by atoms with van der Waals surface area (Å²) in [4.78, 5) is 28.6. The van der Waals surface area contributed by atoms with Crippen molar-refractivity contribution in [1.82, 2.24) is 4.98 Å². The molecule has 1 aromatic carbocycles. The van der Waals surface area contributed by atoms with Crippen LogP contribution in [0.15, 0.2) is 36.5 Å². The molecule has 2 heterocycles. The number of carbonyl (C=O) groups is 2. The van der Waals surface area contributed by atoms with E-state index in [-0.39, 0.29) is 11.9 Å². The molecule has 1 aromatic heterocycles. The number of carbonyl (C=O) groups excluding carboxylic acids is 2. The van der Waals surface area contributed by atoms with E-state index in [4.69, 9.17) is 4.74 Å². The highest BCUT2D eigenvalue weighted by Gasteiger charge is 2.31. The lowest BCUT2D eigenvalue weighted by Gasteiger charge is -2.07. The van der Waals surface area contributed by atoms with Gasteiger partial charge in [-0.25, -0.2) is 4.90 Å². The molecule has 6 heteroatoms. The first kappa shape index (κ1) is 18.3. The van der Waals surface area contributed by atoms with Crippen LogP contribution in [0.4, 0.5) is 5.69 Å². The summed E-state index contributed by atoms with van der Waals surface area (Å²) in [5.41, 5.74) is 2.85. The van der Waals surface area contributed by atoms with Crippen LogP contribution in [0.1, 0.15) is 30.5 Å². The molecule has 1 amide bonds. The highest BCUT2D eigenvalue weighted by Crippen LogP contribution is 2.37. The Morgan fingerprint density at radius 2 is 2.07 bits per heavy atom. The first-order chi connectivity index (χ1) is 13.2. The van der Waals surface area contributed by atoms with Crippen molar-refractivity contribution >= 4 is 29.2 Å². The molecule has 0 aliphatic carbocycles. The van der Waals surface area contributed by atoms with Crippen LogP contribution in [0.5, 0.6) is 5.75 Å². The van der Waals surface area contributed by atoms with Gasteiger partial charge in [-0.05, 0) is 24.6 Å². The Kier molecular flexibility index (Phi) is 5.62. The van der Waals surface area contributed by atoms with Crippen molar-refractivity contribution in [2.24, 2.45) is 0 Å². The SMILES string of the molecule is COC(=O)CCCC#CN1C(=O)/C(=C\c2[nH]ccc2OC)c2ccccc21. The first-order valence-electron chi connectivity index (χ1n) is 8.58. The molecule has 27 heavy (non-hydrogen) atoms. The largest absolute Gasteiger partial charge is 0.495 e. The van der Waals surface area contributed by atoms with Gasteiger partial charge in [0.2, 0.25) is 0 Å². The number of para-hydroxylation sites is 1. The van der Waals surface area contributed by atoms with E-state index in [0.29, 0.717) is 30.6 Å². The van der Waals surface area contributed by atoms with Crippen LogP contribution in [0.25, 0.3) is 11.6 Å². The predicted molar refractivity (Wildman–Crippen MR) is 103 cm³/mol. The van der Waals surface area contributed by atoms with Gasteiger partial charge in [0, 0.05) is 30.6 Å². The van der Waals surface area contributed by atoms with E-state index >= 15 is 0 Å². The number of rotatable bonds is 5. The highest BCUT2D eigenvalue weighted by atomic mass is 16.5. The van der Waals surface area contributed by atoms with Crippen LogP contribution in [-0.2, 0) is 14.3 Å². The Bertz CT molecular complexity index is 946. The van der Waals surface area contributed by atoms with Gasteiger partial charge in [-0.2, -0.15) is 0 Å². The van der Waals surface area contributed by atoms with Gasteiger partial charge in [0.25, 0.3) is 5.91 Å². The Hall–Kier alpha value is -3.46. The van der Waals surface area contributed by atoms with Crippen molar-refractivity contribution in [3.05, 3.63) is 47.8 Å². The van der Waals surface area contributed by atoms with Crippen molar-refractivity contribution in [3.63, 3.8) is 0 Å². The summed E-state index contributed by atoms with van der Waals surface area (Å²) in [6.45, 7) is 0. The third kappa shape index (κ3) is 3.87. The molecule has 6 nitrogen and oxygen atoms in total. The van der Waals surface area contributed by atoms with Gasteiger partial charge in [-0.1, -0.05) is 24.1 Å². The molecule has 0 atom stereocenters. The van der Waals surface area contributed by atoms with Gasteiger partial charge in [-0.15, -0.1) is 0 Å². The van der Waals surface area contributed by atoms with Gasteiger partial charge in [-0.3, -0.25) is 9.59 Å². The predicted octanol–water partition coefficient (Wildman–Crippen LogP) is 3.21. The molecule has 1 aliphatic rings. The minimum Gasteiger partial charge on any atom is -0.495 e. The zero-order valence-electron chi connectivity index (χ0n) is 15.2. The van der Waals surface area contributed by atoms with E-state index in [9.17, 15) is 9.59 Å². The van der Waals surface area contributed by atoms with Gasteiger partial charge in [0.1, 0.15) is 5.75 Å². The normalized spacial score (nSPS) is 13.9. The van der Waals surface area contributed by atoms with Gasteiger partial charge in [0.05, 0.1) is 31.2 Å². The summed E-state index contributed by atoms with van der Waals surface area (Å²) in [5, 5.41) is 0. The molecule has 3 rings (SSSR count). The molecule has 0 saturated heterocycles. The van der Waals surface area contributed by atoms with Gasteiger partial charge in [0.15, 0.2) is 0 Å². The number of hydrogen-bond acceptors (Lipinski definition) is 4. The Labute approximate surface area is 157 Å². The zero-order chi connectivity index (χ0) is 19.2. The van der Waals surface area contributed by atoms with Crippen LogP contribution in [0, 0.1) is 12.0 Å². The number of hydrogen-bond donors (Lipinski definition) is 1. The van der Waals surface area contributed by atoms with Crippen molar-refractivity contribution in [2.75, 3.05) is 19.1 Å². The molecule has 0 radical (unpaired) electrons. The second-order valence-electron chi connectivity index (χ2n) is 5.89. The second kappa shape index (κ2) is 8.28. The fourth-order valence-electron chi connectivity index (χ4n) is 2.85. The number of anilines is 1. The fraction of sp³-hybridized carbons (Fsp3) is 0.238. The average Bonchev–Trinajstić information content (AvgIpc) is 3.25. The maximum Gasteiger partial charge on any atom is 0.305 e. The molecule has 1 aliphatic heterocycles. The number of aromatic nitrogens is 1. The molecule has 0 spiro atoms. The first-order valence-corrected chi connectivity index (χ1v) is 8.58. The van der Waals surface area contributed by atoms with Crippen LogP contribution in [0.3, 0.4) is 0 Å². The number of aromatic amines is 1. The van der Waals surface area contributed by atoms with Crippen molar-refractivity contribution in [1.29, 1.82) is 0 Å². The van der Waals surface area contributed by atoms with Gasteiger partial charge >= 0.3 is 5.97 Å². The molecular formula is C21H20N2O4. The number of nitrogens with zero attached hydrogens (tertiary/aromatic N) is 1. The third-order valence-electron chi connectivity index (χ3n) is 4.22. The third-order valence-corrected chi connectivity index (χ3v) is 4.22. The fourth-order valence-corrected chi connectivity index (χ4v) is 2.85. The smallest absolute Gasteiger partial charge is 0.305 e. The summed E-state index contributed by atoms with van der Waals surface area (Å²) in [6, 6.07) is 12.2. The van der Waals surface area contributed by atoms with Crippen LogP contribution in [0.2, 0.25) is 0 Å². The number of ether oxygens (including phenoxy) is 2.